The van der Waals surface area contributed by atoms with Gasteiger partial charge in [-0.25, -0.2) is 9.78 Å². The maximum Gasteiger partial charge on any atom is 0.326 e. The number of carboxylic acid groups (broad SMARTS) is 1. The van der Waals surface area contributed by atoms with Crippen LogP contribution in [0.3, 0.4) is 0 Å². The van der Waals surface area contributed by atoms with E-state index in [9.17, 15) is 19.2 Å². The van der Waals surface area contributed by atoms with Crippen molar-refractivity contribution in [1.29, 1.82) is 0 Å². The maximum absolute atomic E-state index is 12.6. The Bertz CT molecular complexity index is 761. The van der Waals surface area contributed by atoms with Gasteiger partial charge in [-0.3, -0.25) is 19.4 Å². The third-order valence-electron chi connectivity index (χ3n) is 3.94. The quantitative estimate of drug-likeness (QED) is 0.0875. The Morgan fingerprint density at radius 2 is 1.80 bits per heavy atom. The summed E-state index contributed by atoms with van der Waals surface area (Å²) in [5, 5.41) is 13.8. The molecule has 1 aromatic rings. The van der Waals surface area contributed by atoms with Crippen LogP contribution in [0.25, 0.3) is 0 Å². The predicted octanol–water partition coefficient (Wildman–Crippen LogP) is -3.74. The SMILES string of the molecule is NC(=O)CC(NC(=O)C(Cc1cnc[nH]1)NC(=O)C(N)CCCN=C(N)N)C(=O)O. The average Bonchev–Trinajstić information content (AvgIpc) is 3.16. The van der Waals surface area contributed by atoms with Crippen molar-refractivity contribution in [3.8, 4) is 0 Å². The van der Waals surface area contributed by atoms with Crippen LogP contribution < -0.4 is 33.6 Å². The lowest BCUT2D eigenvalue weighted by Crippen LogP contribution is -2.55. The molecule has 0 radical (unpaired) electrons. The van der Waals surface area contributed by atoms with Crippen LogP contribution in [0.1, 0.15) is 25.0 Å². The zero-order valence-electron chi connectivity index (χ0n) is 16.2. The number of aliphatic carboxylic acids is 1. The lowest BCUT2D eigenvalue weighted by Gasteiger charge is -2.22. The van der Waals surface area contributed by atoms with Crippen LogP contribution in [-0.2, 0) is 25.6 Å². The number of hydrogen-bond acceptors (Lipinski definition) is 7. The molecule has 3 amide bonds. The van der Waals surface area contributed by atoms with E-state index in [4.69, 9.17) is 28.0 Å². The number of imidazole rings is 1. The topological polar surface area (TPSA) is 258 Å². The molecule has 12 N–H and O–H groups in total. The summed E-state index contributed by atoms with van der Waals surface area (Å²) in [7, 11) is 0. The van der Waals surface area contributed by atoms with Gasteiger partial charge in [-0.15, -0.1) is 0 Å². The van der Waals surface area contributed by atoms with Gasteiger partial charge >= 0.3 is 5.97 Å². The Labute approximate surface area is 171 Å². The van der Waals surface area contributed by atoms with Crippen molar-refractivity contribution in [2.45, 2.75) is 43.8 Å². The molecule has 3 unspecified atom stereocenters. The van der Waals surface area contributed by atoms with E-state index in [1.807, 2.05) is 0 Å². The number of primary amides is 1. The number of carboxylic acids is 1. The molecule has 14 nitrogen and oxygen atoms in total. The second-order valence-corrected chi connectivity index (χ2v) is 6.47. The van der Waals surface area contributed by atoms with E-state index in [0.717, 1.165) is 0 Å². The Hall–Kier alpha value is -3.68. The Balaban J connectivity index is 2.80. The van der Waals surface area contributed by atoms with Crippen molar-refractivity contribution >= 4 is 29.7 Å². The van der Waals surface area contributed by atoms with Crippen LogP contribution >= 0.6 is 0 Å². The lowest BCUT2D eigenvalue weighted by molar-refractivity contribution is -0.143. The minimum Gasteiger partial charge on any atom is -0.480 e. The molecule has 1 rings (SSSR count). The van der Waals surface area contributed by atoms with Gasteiger partial charge in [0.15, 0.2) is 5.96 Å². The summed E-state index contributed by atoms with van der Waals surface area (Å²) in [6.07, 6.45) is 2.90. The molecule has 0 aliphatic heterocycles. The molecule has 0 fully saturated rings. The van der Waals surface area contributed by atoms with Crippen LogP contribution in [0.5, 0.6) is 0 Å². The van der Waals surface area contributed by atoms with Gasteiger partial charge in [-0.05, 0) is 12.8 Å². The van der Waals surface area contributed by atoms with Crippen molar-refractivity contribution in [3.05, 3.63) is 18.2 Å². The molecule has 3 atom stereocenters. The molecule has 0 aromatic carbocycles. The number of carbonyl (C=O) groups is 4. The first-order valence-corrected chi connectivity index (χ1v) is 9.00. The predicted molar refractivity (Wildman–Crippen MR) is 105 cm³/mol. The van der Waals surface area contributed by atoms with Crippen LogP contribution in [0.15, 0.2) is 17.5 Å². The fourth-order valence-electron chi connectivity index (χ4n) is 2.43. The number of aromatic nitrogens is 2. The van der Waals surface area contributed by atoms with Gasteiger partial charge in [-0.1, -0.05) is 0 Å². The highest BCUT2D eigenvalue weighted by Gasteiger charge is 2.29. The van der Waals surface area contributed by atoms with Crippen molar-refractivity contribution < 1.29 is 24.3 Å². The number of hydrogen-bond donors (Lipinski definition) is 8. The number of aliphatic imine (C=N–C) groups is 1. The summed E-state index contributed by atoms with van der Waals surface area (Å²) in [6, 6.07) is -3.65. The molecule has 30 heavy (non-hydrogen) atoms. The monoisotopic (exact) mass is 425 g/mol. The summed E-state index contributed by atoms with van der Waals surface area (Å²) in [5.41, 5.74) is 21.8. The maximum atomic E-state index is 12.6. The number of nitrogens with one attached hydrogen (secondary N) is 3. The van der Waals surface area contributed by atoms with E-state index in [2.05, 4.69) is 25.6 Å². The lowest BCUT2D eigenvalue weighted by atomic mass is 10.1. The second kappa shape index (κ2) is 12.0. The van der Waals surface area contributed by atoms with E-state index in [0.29, 0.717) is 12.1 Å². The van der Waals surface area contributed by atoms with Gasteiger partial charge in [-0.2, -0.15) is 0 Å². The first-order chi connectivity index (χ1) is 14.1. The van der Waals surface area contributed by atoms with Crippen molar-refractivity contribution in [1.82, 2.24) is 20.6 Å². The van der Waals surface area contributed by atoms with Gasteiger partial charge in [0.1, 0.15) is 12.1 Å². The minimum atomic E-state index is -1.54. The average molecular weight is 425 g/mol. The van der Waals surface area contributed by atoms with E-state index in [1.165, 1.54) is 12.5 Å². The normalized spacial score (nSPS) is 13.5. The molecule has 166 valence electrons. The van der Waals surface area contributed by atoms with Gasteiger partial charge in [0, 0.05) is 24.9 Å². The summed E-state index contributed by atoms with van der Waals surface area (Å²) in [5.74, 6) is -3.86. The van der Waals surface area contributed by atoms with Crippen molar-refractivity contribution in [2.75, 3.05) is 6.54 Å². The number of amides is 3. The molecule has 0 bridgehead atoms. The third-order valence-corrected chi connectivity index (χ3v) is 3.94. The molecular formula is C16H27N9O5. The highest BCUT2D eigenvalue weighted by atomic mass is 16.4. The smallest absolute Gasteiger partial charge is 0.326 e. The zero-order chi connectivity index (χ0) is 22.7. The van der Waals surface area contributed by atoms with Gasteiger partial charge in [0.2, 0.25) is 17.7 Å². The van der Waals surface area contributed by atoms with Gasteiger partial charge < -0.3 is 43.7 Å². The number of nitrogens with zero attached hydrogens (tertiary/aromatic N) is 2. The summed E-state index contributed by atoms with van der Waals surface area (Å²) in [4.78, 5) is 57.7. The molecule has 1 aromatic heterocycles. The van der Waals surface area contributed by atoms with Gasteiger partial charge in [0.05, 0.1) is 18.8 Å². The minimum absolute atomic E-state index is 0.0127. The largest absolute Gasteiger partial charge is 0.480 e. The fraction of sp³-hybridized carbons (Fsp3) is 0.500. The van der Waals surface area contributed by atoms with Crippen LogP contribution in [0, 0.1) is 0 Å². The molecule has 0 aliphatic carbocycles. The first kappa shape index (κ1) is 24.4. The van der Waals surface area contributed by atoms with Gasteiger partial charge in [0.25, 0.3) is 0 Å². The van der Waals surface area contributed by atoms with E-state index in [-0.39, 0.29) is 25.3 Å². The number of carbonyl (C=O) groups excluding carboxylic acids is 3. The molecule has 0 saturated carbocycles. The van der Waals surface area contributed by atoms with E-state index >= 15 is 0 Å². The number of guanidine groups is 1. The molecular weight excluding hydrogens is 398 g/mol. The van der Waals surface area contributed by atoms with Crippen molar-refractivity contribution in [3.63, 3.8) is 0 Å². The van der Waals surface area contributed by atoms with Crippen LogP contribution in [0.2, 0.25) is 0 Å². The number of rotatable bonds is 13. The Kier molecular flexibility index (Phi) is 9.75. The summed E-state index contributed by atoms with van der Waals surface area (Å²) in [6.45, 7) is 0.286. The van der Waals surface area contributed by atoms with Crippen molar-refractivity contribution in [2.24, 2.45) is 27.9 Å². The highest BCUT2D eigenvalue weighted by Crippen LogP contribution is 2.03. The summed E-state index contributed by atoms with van der Waals surface area (Å²) >= 11 is 0. The zero-order valence-corrected chi connectivity index (χ0v) is 16.2. The number of aromatic amines is 1. The molecule has 0 aliphatic rings. The summed E-state index contributed by atoms with van der Waals surface area (Å²) < 4.78 is 0. The van der Waals surface area contributed by atoms with Crippen LogP contribution in [0.4, 0.5) is 0 Å². The highest BCUT2D eigenvalue weighted by molar-refractivity contribution is 5.93. The standard InChI is InChI=1S/C16H27N9O5/c17-9(2-1-3-22-16(19)20)13(27)24-10(4-8-6-21-7-23-8)14(28)25-11(15(29)30)5-12(18)26/h6-7,9-11H,1-5,17H2,(H2,18,26)(H,21,23)(H,24,27)(H,25,28)(H,29,30)(H4,19,20,22). The van der Waals surface area contributed by atoms with E-state index in [1.54, 1.807) is 0 Å². The molecule has 14 heteroatoms. The number of nitrogens with two attached hydrogens (primary N) is 4. The Morgan fingerprint density at radius 3 is 2.33 bits per heavy atom. The molecule has 0 spiro atoms. The number of H-pyrrole nitrogens is 1. The Morgan fingerprint density at radius 1 is 1.13 bits per heavy atom. The first-order valence-electron chi connectivity index (χ1n) is 9.00. The second-order valence-electron chi connectivity index (χ2n) is 6.47. The van der Waals surface area contributed by atoms with E-state index < -0.39 is 48.2 Å². The van der Waals surface area contributed by atoms with Crippen LogP contribution in [-0.4, -0.2) is 69.4 Å². The molecule has 0 saturated heterocycles. The fourth-order valence-corrected chi connectivity index (χ4v) is 2.43. The molecule has 1 heterocycles. The third kappa shape index (κ3) is 9.01.